The Labute approximate surface area is 162 Å². The lowest BCUT2D eigenvalue weighted by Gasteiger charge is -2.09. The van der Waals surface area contributed by atoms with Gasteiger partial charge in [0.15, 0.2) is 0 Å². The van der Waals surface area contributed by atoms with Crippen LogP contribution in [0.5, 0.6) is 5.75 Å². The predicted molar refractivity (Wildman–Crippen MR) is 108 cm³/mol. The molecule has 27 heavy (non-hydrogen) atoms. The molecule has 0 atom stereocenters. The molecule has 3 rings (SSSR count). The molecule has 2 aromatic carbocycles. The van der Waals surface area contributed by atoms with E-state index in [4.69, 9.17) is 4.74 Å². The molecule has 0 fully saturated rings. The molecule has 0 unspecified atom stereocenters. The highest BCUT2D eigenvalue weighted by Crippen LogP contribution is 2.27. The zero-order valence-corrected chi connectivity index (χ0v) is 16.0. The number of hydrogen-bond acceptors (Lipinski definition) is 5. The first-order valence-corrected chi connectivity index (χ1v) is 9.55. The van der Waals surface area contributed by atoms with Crippen molar-refractivity contribution < 1.29 is 9.53 Å². The molecule has 0 aliphatic carbocycles. The number of nitriles is 1. The van der Waals surface area contributed by atoms with Crippen LogP contribution in [0.3, 0.4) is 0 Å². The van der Waals surface area contributed by atoms with E-state index >= 15 is 0 Å². The summed E-state index contributed by atoms with van der Waals surface area (Å²) in [6.07, 6.45) is 0. The first kappa shape index (κ1) is 18.7. The number of carbonyl (C=O) groups is 1. The lowest BCUT2D eigenvalue weighted by Crippen LogP contribution is -2.15. The van der Waals surface area contributed by atoms with Gasteiger partial charge >= 0.3 is 0 Å². The molecule has 0 saturated carbocycles. The standard InChI is InChI=1S/C21H19N3O2S/c1-3-26-17-8-9-19-15(11-17)10-16(12-22)21(24-19)27-13-20(25)23-18-7-5-4-6-14(18)2/h4-11H,3,13H2,1-2H3,(H,23,25). The molecular weight excluding hydrogens is 358 g/mol. The predicted octanol–water partition coefficient (Wildman–Crippen LogP) is 4.54. The highest BCUT2D eigenvalue weighted by Gasteiger charge is 2.11. The van der Waals surface area contributed by atoms with Gasteiger partial charge in [0.1, 0.15) is 16.8 Å². The van der Waals surface area contributed by atoms with Gasteiger partial charge in [0.05, 0.1) is 23.4 Å². The zero-order valence-electron chi connectivity index (χ0n) is 15.2. The second-order valence-corrected chi connectivity index (χ2v) is 6.86. The van der Waals surface area contributed by atoms with Crippen LogP contribution in [0, 0.1) is 18.3 Å². The monoisotopic (exact) mass is 377 g/mol. The molecule has 1 heterocycles. The quantitative estimate of drug-likeness (QED) is 0.638. The van der Waals surface area contributed by atoms with Crippen molar-refractivity contribution in [3.8, 4) is 11.8 Å². The second kappa shape index (κ2) is 8.56. The first-order chi connectivity index (χ1) is 13.1. The fourth-order valence-corrected chi connectivity index (χ4v) is 3.38. The number of nitrogens with one attached hydrogen (secondary N) is 1. The van der Waals surface area contributed by atoms with Crippen LogP contribution in [0.2, 0.25) is 0 Å². The van der Waals surface area contributed by atoms with Crippen molar-refractivity contribution in [1.29, 1.82) is 5.26 Å². The van der Waals surface area contributed by atoms with Gasteiger partial charge in [-0.3, -0.25) is 4.79 Å². The Bertz CT molecular complexity index is 1030. The minimum Gasteiger partial charge on any atom is -0.494 e. The smallest absolute Gasteiger partial charge is 0.234 e. The molecule has 6 heteroatoms. The van der Waals surface area contributed by atoms with E-state index in [-0.39, 0.29) is 11.7 Å². The van der Waals surface area contributed by atoms with Crippen LogP contribution >= 0.6 is 11.8 Å². The number of benzene rings is 2. The Morgan fingerprint density at radius 1 is 1.26 bits per heavy atom. The third kappa shape index (κ3) is 4.57. The van der Waals surface area contributed by atoms with Crippen LogP contribution in [-0.4, -0.2) is 23.3 Å². The maximum absolute atomic E-state index is 12.3. The van der Waals surface area contributed by atoms with Gasteiger partial charge in [-0.2, -0.15) is 5.26 Å². The lowest BCUT2D eigenvalue weighted by molar-refractivity contribution is -0.113. The Kier molecular flexibility index (Phi) is 5.94. The second-order valence-electron chi connectivity index (χ2n) is 5.89. The number of pyridine rings is 1. The van der Waals surface area contributed by atoms with Gasteiger partial charge in [0.25, 0.3) is 0 Å². The highest BCUT2D eigenvalue weighted by molar-refractivity contribution is 8.00. The molecule has 1 N–H and O–H groups in total. The van der Waals surface area contributed by atoms with Crippen molar-refractivity contribution in [3.63, 3.8) is 0 Å². The number of hydrogen-bond donors (Lipinski definition) is 1. The summed E-state index contributed by atoms with van der Waals surface area (Å²) in [5.41, 5.74) is 3.00. The molecule has 3 aromatic rings. The number of carbonyl (C=O) groups excluding carboxylic acids is 1. The molecule has 1 amide bonds. The van der Waals surface area contributed by atoms with Gasteiger partial charge in [-0.1, -0.05) is 30.0 Å². The van der Waals surface area contributed by atoms with Crippen LogP contribution in [0.25, 0.3) is 10.9 Å². The van der Waals surface area contributed by atoms with E-state index in [9.17, 15) is 10.1 Å². The van der Waals surface area contributed by atoms with E-state index in [2.05, 4.69) is 16.4 Å². The van der Waals surface area contributed by atoms with Gasteiger partial charge in [0, 0.05) is 11.1 Å². The molecule has 0 bridgehead atoms. The summed E-state index contributed by atoms with van der Waals surface area (Å²) in [7, 11) is 0. The summed E-state index contributed by atoms with van der Waals surface area (Å²) in [4.78, 5) is 16.8. The largest absolute Gasteiger partial charge is 0.494 e. The SMILES string of the molecule is CCOc1ccc2nc(SCC(=O)Nc3ccccc3C)c(C#N)cc2c1. The number of rotatable bonds is 6. The maximum Gasteiger partial charge on any atom is 0.234 e. The number of nitrogens with zero attached hydrogens (tertiary/aromatic N) is 2. The average Bonchev–Trinajstić information content (AvgIpc) is 2.67. The van der Waals surface area contributed by atoms with Gasteiger partial charge < -0.3 is 10.1 Å². The van der Waals surface area contributed by atoms with E-state index in [0.29, 0.717) is 17.2 Å². The maximum atomic E-state index is 12.3. The molecular formula is C21H19N3O2S. The van der Waals surface area contributed by atoms with E-state index in [1.54, 1.807) is 6.07 Å². The van der Waals surface area contributed by atoms with Gasteiger partial charge in [-0.15, -0.1) is 0 Å². The van der Waals surface area contributed by atoms with Crippen molar-refractivity contribution in [2.24, 2.45) is 0 Å². The third-order valence-electron chi connectivity index (χ3n) is 3.94. The van der Waals surface area contributed by atoms with Crippen LogP contribution in [0.4, 0.5) is 5.69 Å². The molecule has 0 spiro atoms. The molecule has 0 aliphatic heterocycles. The van der Waals surface area contributed by atoms with Crippen molar-refractivity contribution in [3.05, 3.63) is 59.7 Å². The van der Waals surface area contributed by atoms with Crippen molar-refractivity contribution >= 4 is 34.3 Å². The minimum absolute atomic E-state index is 0.133. The van der Waals surface area contributed by atoms with E-state index in [1.807, 2.05) is 56.3 Å². The van der Waals surface area contributed by atoms with Gasteiger partial charge in [-0.05, 0) is 49.7 Å². The molecule has 0 radical (unpaired) electrons. The van der Waals surface area contributed by atoms with Gasteiger partial charge in [-0.25, -0.2) is 4.98 Å². The van der Waals surface area contributed by atoms with E-state index in [1.165, 1.54) is 11.8 Å². The summed E-state index contributed by atoms with van der Waals surface area (Å²) < 4.78 is 5.49. The molecule has 1 aromatic heterocycles. The molecule has 5 nitrogen and oxygen atoms in total. The highest BCUT2D eigenvalue weighted by atomic mass is 32.2. The molecule has 0 aliphatic rings. The summed E-state index contributed by atoms with van der Waals surface area (Å²) in [6, 6.07) is 17.1. The van der Waals surface area contributed by atoms with Crippen molar-refractivity contribution in [1.82, 2.24) is 4.98 Å². The van der Waals surface area contributed by atoms with E-state index < -0.39 is 0 Å². The lowest BCUT2D eigenvalue weighted by atomic mass is 10.1. The van der Waals surface area contributed by atoms with Crippen LogP contribution < -0.4 is 10.1 Å². The van der Waals surface area contributed by atoms with Crippen LogP contribution in [0.15, 0.2) is 53.6 Å². The number of aromatic nitrogens is 1. The number of aryl methyl sites for hydroxylation is 1. The summed E-state index contributed by atoms with van der Waals surface area (Å²) in [6.45, 7) is 4.44. The number of para-hydroxylation sites is 1. The van der Waals surface area contributed by atoms with Crippen molar-refractivity contribution in [2.75, 3.05) is 17.7 Å². The number of amides is 1. The molecule has 0 saturated heterocycles. The topological polar surface area (TPSA) is 75.0 Å². The van der Waals surface area contributed by atoms with Gasteiger partial charge in [0.2, 0.25) is 5.91 Å². The third-order valence-corrected chi connectivity index (χ3v) is 4.93. The Hall–Kier alpha value is -3.04. The van der Waals surface area contributed by atoms with Crippen LogP contribution in [-0.2, 0) is 4.79 Å². The minimum atomic E-state index is -0.133. The summed E-state index contributed by atoms with van der Waals surface area (Å²) >= 11 is 1.26. The number of thioether (sulfide) groups is 1. The van der Waals surface area contributed by atoms with Crippen molar-refractivity contribution in [2.45, 2.75) is 18.9 Å². The number of ether oxygens (including phenoxy) is 1. The fraction of sp³-hybridized carbons (Fsp3) is 0.190. The zero-order chi connectivity index (χ0) is 19.2. The fourth-order valence-electron chi connectivity index (χ4n) is 2.62. The Balaban J connectivity index is 1.76. The number of fused-ring (bicyclic) bond motifs is 1. The normalized spacial score (nSPS) is 10.4. The van der Waals surface area contributed by atoms with Crippen LogP contribution in [0.1, 0.15) is 18.1 Å². The Morgan fingerprint density at radius 2 is 2.07 bits per heavy atom. The first-order valence-electron chi connectivity index (χ1n) is 8.56. The van der Waals surface area contributed by atoms with E-state index in [0.717, 1.165) is 27.9 Å². The molecule has 136 valence electrons. The average molecular weight is 377 g/mol. The summed E-state index contributed by atoms with van der Waals surface area (Å²) in [5.74, 6) is 0.791. The summed E-state index contributed by atoms with van der Waals surface area (Å²) in [5, 5.41) is 13.7. The number of anilines is 1. The Morgan fingerprint density at radius 3 is 2.81 bits per heavy atom.